The lowest BCUT2D eigenvalue weighted by molar-refractivity contribution is 0.0534. The lowest BCUT2D eigenvalue weighted by atomic mass is 9.89. The van der Waals surface area contributed by atoms with Crippen LogP contribution in [0.15, 0.2) is 35.6 Å². The minimum atomic E-state index is -0.226. The van der Waals surface area contributed by atoms with Gasteiger partial charge in [0, 0.05) is 31.4 Å². The van der Waals surface area contributed by atoms with E-state index in [0.29, 0.717) is 30.1 Å². The van der Waals surface area contributed by atoms with Crippen LogP contribution in [0.4, 0.5) is 5.82 Å². The number of amides is 1. The fourth-order valence-corrected chi connectivity index (χ4v) is 4.61. The molecule has 1 saturated heterocycles. The molecule has 0 spiro atoms. The summed E-state index contributed by atoms with van der Waals surface area (Å²) in [7, 11) is 0. The predicted octanol–water partition coefficient (Wildman–Crippen LogP) is 1.33. The number of carbonyl (C=O) groups excluding carboxylic acids is 2. The van der Waals surface area contributed by atoms with E-state index in [1.165, 1.54) is 23.1 Å². The number of esters is 1. The summed E-state index contributed by atoms with van der Waals surface area (Å²) in [6.07, 6.45) is 4.64. The number of pyridine rings is 1. The van der Waals surface area contributed by atoms with E-state index in [9.17, 15) is 9.59 Å². The Bertz CT molecular complexity index is 1100. The molecule has 1 atom stereocenters. The summed E-state index contributed by atoms with van der Waals surface area (Å²) in [4.78, 5) is 31.0. The number of anilines is 1. The van der Waals surface area contributed by atoms with Crippen LogP contribution >= 0.6 is 0 Å². The van der Waals surface area contributed by atoms with E-state index < -0.39 is 0 Å². The molecule has 3 heterocycles. The minimum absolute atomic E-state index is 0.00190. The number of cyclic esters (lactones) is 1. The van der Waals surface area contributed by atoms with Crippen LogP contribution in [0.1, 0.15) is 50.8 Å². The molecule has 2 aliphatic rings. The third-order valence-corrected chi connectivity index (χ3v) is 6.75. The van der Waals surface area contributed by atoms with E-state index in [0.717, 1.165) is 43.6 Å². The highest BCUT2D eigenvalue weighted by molar-refractivity contribution is 5.94. The molecule has 5 N–H and O–H groups in total. The van der Waals surface area contributed by atoms with Crippen LogP contribution in [0.5, 0.6) is 0 Å². The Morgan fingerprint density at radius 1 is 1.38 bits per heavy atom. The maximum absolute atomic E-state index is 12.6. The van der Waals surface area contributed by atoms with Crippen molar-refractivity contribution in [3.63, 3.8) is 0 Å². The monoisotopic (exact) mass is 465 g/mol. The average molecular weight is 466 g/mol. The van der Waals surface area contributed by atoms with Crippen molar-refractivity contribution in [2.45, 2.75) is 33.3 Å². The van der Waals surface area contributed by atoms with Gasteiger partial charge < -0.3 is 20.8 Å². The first-order valence-corrected chi connectivity index (χ1v) is 11.3. The quantitative estimate of drug-likeness (QED) is 0.174. The number of likely N-dealkylation sites (tertiary alicyclic amines) is 1. The highest BCUT2D eigenvalue weighted by Crippen LogP contribution is 2.30. The Balaban J connectivity index is 1.27. The Morgan fingerprint density at radius 2 is 2.21 bits per heavy atom. The normalized spacial score (nSPS) is 19.9. The number of hydrazone groups is 1. The first kappa shape index (κ1) is 23.7. The number of benzene rings is 1. The topological polar surface area (TPSA) is 139 Å². The summed E-state index contributed by atoms with van der Waals surface area (Å²) in [6, 6.07) is 7.23. The molecule has 2 aliphatic heterocycles. The molecule has 0 bridgehead atoms. The number of hydrazine groups is 1. The van der Waals surface area contributed by atoms with Crippen molar-refractivity contribution in [3.05, 3.63) is 58.3 Å². The van der Waals surface area contributed by atoms with Gasteiger partial charge in [-0.05, 0) is 61.1 Å². The van der Waals surface area contributed by atoms with Gasteiger partial charge in [0.1, 0.15) is 18.8 Å². The molecule has 1 fully saturated rings. The van der Waals surface area contributed by atoms with Crippen molar-refractivity contribution >= 4 is 24.0 Å². The molecule has 1 aromatic carbocycles. The van der Waals surface area contributed by atoms with Crippen molar-refractivity contribution in [3.8, 4) is 0 Å². The third kappa shape index (κ3) is 5.02. The Hall–Kier alpha value is -3.50. The lowest BCUT2D eigenvalue weighted by Crippen LogP contribution is -2.38. The molecule has 34 heavy (non-hydrogen) atoms. The minimum Gasteiger partial charge on any atom is -0.457 e. The summed E-state index contributed by atoms with van der Waals surface area (Å²) >= 11 is 0. The summed E-state index contributed by atoms with van der Waals surface area (Å²) in [6.45, 7) is 8.07. The van der Waals surface area contributed by atoms with Crippen LogP contribution in [-0.2, 0) is 17.8 Å². The number of nitrogens with zero attached hydrogens (tertiary/aromatic N) is 4. The number of hydrogen-bond acceptors (Lipinski definition) is 8. The summed E-state index contributed by atoms with van der Waals surface area (Å²) in [5.41, 5.74) is 4.59. The molecule has 2 aromatic rings. The van der Waals surface area contributed by atoms with Gasteiger partial charge in [0.05, 0.1) is 11.1 Å². The van der Waals surface area contributed by atoms with Crippen LogP contribution < -0.4 is 22.0 Å². The summed E-state index contributed by atoms with van der Waals surface area (Å²) in [5.74, 6) is 10.8. The van der Waals surface area contributed by atoms with E-state index in [2.05, 4.69) is 34.1 Å². The molecule has 1 amide bonds. The van der Waals surface area contributed by atoms with Gasteiger partial charge in [-0.2, -0.15) is 5.10 Å². The predicted molar refractivity (Wildman–Crippen MR) is 129 cm³/mol. The van der Waals surface area contributed by atoms with Gasteiger partial charge in [0.15, 0.2) is 0 Å². The van der Waals surface area contributed by atoms with E-state index in [1.54, 1.807) is 12.1 Å². The standard InChI is InChI=1S/C24H31N7O3/c1-16-17(3-5-19-20(16)12-34-23(19)33)7-9-30-10-8-24(2,14-30)13-28-22(32)18-4-6-21(27-11-18)31(26)15-29-25/h3-6,11,15H,7-10,12-14,25-26H2,1-2H3,(H,28,32)/b29-15-. The second-order valence-electron chi connectivity index (χ2n) is 9.30. The Kier molecular flexibility index (Phi) is 6.80. The fraction of sp³-hybridized carbons (Fsp3) is 0.417. The van der Waals surface area contributed by atoms with Gasteiger partial charge in [-0.25, -0.2) is 20.6 Å². The third-order valence-electron chi connectivity index (χ3n) is 6.75. The van der Waals surface area contributed by atoms with Crippen LogP contribution in [0, 0.1) is 12.3 Å². The van der Waals surface area contributed by atoms with E-state index in [1.807, 2.05) is 12.1 Å². The molecule has 10 nitrogen and oxygen atoms in total. The molecular formula is C24H31N7O3. The zero-order valence-corrected chi connectivity index (χ0v) is 19.6. The highest BCUT2D eigenvalue weighted by atomic mass is 16.5. The van der Waals surface area contributed by atoms with Gasteiger partial charge in [-0.15, -0.1) is 0 Å². The van der Waals surface area contributed by atoms with Crippen molar-refractivity contribution < 1.29 is 14.3 Å². The molecular weight excluding hydrogens is 434 g/mol. The lowest BCUT2D eigenvalue weighted by Gasteiger charge is -2.25. The van der Waals surface area contributed by atoms with Crippen LogP contribution in [0.3, 0.4) is 0 Å². The smallest absolute Gasteiger partial charge is 0.338 e. The number of rotatable bonds is 8. The molecule has 0 saturated carbocycles. The number of nitrogens with one attached hydrogen (secondary N) is 1. The zero-order valence-electron chi connectivity index (χ0n) is 19.6. The van der Waals surface area contributed by atoms with Crippen LogP contribution in [0.2, 0.25) is 0 Å². The zero-order chi connectivity index (χ0) is 24.3. The molecule has 1 unspecified atom stereocenters. The molecule has 10 heteroatoms. The van der Waals surface area contributed by atoms with Crippen molar-refractivity contribution in [2.24, 2.45) is 22.2 Å². The van der Waals surface area contributed by atoms with Crippen LogP contribution in [-0.4, -0.2) is 54.3 Å². The van der Waals surface area contributed by atoms with E-state index in [-0.39, 0.29) is 17.3 Å². The largest absolute Gasteiger partial charge is 0.457 e. The summed E-state index contributed by atoms with van der Waals surface area (Å²) in [5, 5.41) is 7.57. The van der Waals surface area contributed by atoms with Gasteiger partial charge in [0.25, 0.3) is 5.91 Å². The molecule has 1 aromatic heterocycles. The number of ether oxygens (including phenoxy) is 1. The van der Waals surface area contributed by atoms with Gasteiger partial charge in [-0.1, -0.05) is 13.0 Å². The number of hydrogen-bond donors (Lipinski definition) is 3. The first-order valence-electron chi connectivity index (χ1n) is 11.3. The second-order valence-corrected chi connectivity index (χ2v) is 9.30. The Morgan fingerprint density at radius 3 is 2.94 bits per heavy atom. The van der Waals surface area contributed by atoms with Crippen molar-refractivity contribution in [1.29, 1.82) is 0 Å². The van der Waals surface area contributed by atoms with Gasteiger partial charge >= 0.3 is 5.97 Å². The van der Waals surface area contributed by atoms with Gasteiger partial charge in [0.2, 0.25) is 0 Å². The second kappa shape index (κ2) is 9.78. The van der Waals surface area contributed by atoms with E-state index in [4.69, 9.17) is 16.4 Å². The maximum Gasteiger partial charge on any atom is 0.338 e. The fourth-order valence-electron chi connectivity index (χ4n) is 4.61. The van der Waals surface area contributed by atoms with E-state index >= 15 is 0 Å². The number of fused-ring (bicyclic) bond motifs is 1. The molecule has 180 valence electrons. The number of carbonyl (C=O) groups is 2. The summed E-state index contributed by atoms with van der Waals surface area (Å²) < 4.78 is 5.16. The Labute approximate surface area is 198 Å². The number of nitrogens with two attached hydrogens (primary N) is 2. The molecule has 0 radical (unpaired) electrons. The molecule has 4 rings (SSSR count). The number of aromatic nitrogens is 1. The van der Waals surface area contributed by atoms with Gasteiger partial charge in [-0.3, -0.25) is 4.79 Å². The van der Waals surface area contributed by atoms with Crippen molar-refractivity contribution in [1.82, 2.24) is 15.2 Å². The SMILES string of the molecule is Cc1c(CCN2CCC(C)(CNC(=O)c3ccc(N(N)/C=N\N)nc3)C2)ccc2c1COC2=O. The maximum atomic E-state index is 12.6. The molecule has 0 aliphatic carbocycles. The van der Waals surface area contributed by atoms with Crippen molar-refractivity contribution in [2.75, 3.05) is 31.2 Å². The van der Waals surface area contributed by atoms with Crippen LogP contribution in [0.25, 0.3) is 0 Å². The highest BCUT2D eigenvalue weighted by Gasteiger charge is 2.34. The first-order chi connectivity index (χ1) is 16.3. The average Bonchev–Trinajstić information content (AvgIpc) is 3.40.